The third kappa shape index (κ3) is 3.31. The highest BCUT2D eigenvalue weighted by atomic mass is 16.2. The molecule has 0 bridgehead atoms. The molecule has 1 aromatic carbocycles. The van der Waals surface area contributed by atoms with Crippen molar-refractivity contribution in [2.75, 3.05) is 18.0 Å². The number of nitrogens with one attached hydrogen (secondary N) is 1. The van der Waals surface area contributed by atoms with Crippen LogP contribution in [-0.4, -0.2) is 30.4 Å². The van der Waals surface area contributed by atoms with Crippen LogP contribution in [0.5, 0.6) is 0 Å². The summed E-state index contributed by atoms with van der Waals surface area (Å²) in [6.07, 6.45) is 5.35. The second-order valence-electron chi connectivity index (χ2n) is 7.11. The SMILES string of the molecule is CCc1ccc(N2CC(C(=O)NC3(CN)CCCC3)CC2=O)cc1. The van der Waals surface area contributed by atoms with E-state index in [1.54, 1.807) is 4.90 Å². The van der Waals surface area contributed by atoms with Gasteiger partial charge in [0.15, 0.2) is 0 Å². The van der Waals surface area contributed by atoms with Crippen LogP contribution in [0.15, 0.2) is 24.3 Å². The first kappa shape index (κ1) is 17.0. The van der Waals surface area contributed by atoms with Crippen molar-refractivity contribution in [3.8, 4) is 0 Å². The number of aryl methyl sites for hydroxylation is 1. The van der Waals surface area contributed by atoms with Crippen LogP contribution in [0, 0.1) is 5.92 Å². The average molecular weight is 329 g/mol. The minimum Gasteiger partial charge on any atom is -0.349 e. The summed E-state index contributed by atoms with van der Waals surface area (Å²) >= 11 is 0. The number of nitrogens with zero attached hydrogens (tertiary/aromatic N) is 1. The molecular formula is C19H27N3O2. The van der Waals surface area contributed by atoms with Gasteiger partial charge in [-0.3, -0.25) is 9.59 Å². The van der Waals surface area contributed by atoms with Gasteiger partial charge >= 0.3 is 0 Å². The number of rotatable bonds is 5. The van der Waals surface area contributed by atoms with Gasteiger partial charge in [-0.25, -0.2) is 0 Å². The summed E-state index contributed by atoms with van der Waals surface area (Å²) in [4.78, 5) is 26.7. The Morgan fingerprint density at radius 2 is 1.96 bits per heavy atom. The molecule has 2 fully saturated rings. The lowest BCUT2D eigenvalue weighted by Gasteiger charge is -2.30. The standard InChI is InChI=1S/C19H27N3O2/c1-2-14-5-7-16(8-6-14)22-12-15(11-17(22)23)18(24)21-19(13-20)9-3-4-10-19/h5-8,15H,2-4,9-13,20H2,1H3,(H,21,24). The lowest BCUT2D eigenvalue weighted by atomic mass is 9.96. The van der Waals surface area contributed by atoms with Gasteiger partial charge in [0.2, 0.25) is 11.8 Å². The first-order chi connectivity index (χ1) is 11.6. The summed E-state index contributed by atoms with van der Waals surface area (Å²) in [6, 6.07) is 8.01. The maximum absolute atomic E-state index is 12.6. The highest BCUT2D eigenvalue weighted by Crippen LogP contribution is 2.31. The maximum atomic E-state index is 12.6. The van der Waals surface area contributed by atoms with Crippen LogP contribution in [0.3, 0.4) is 0 Å². The van der Waals surface area contributed by atoms with Crippen molar-refractivity contribution in [1.82, 2.24) is 5.32 Å². The van der Waals surface area contributed by atoms with E-state index < -0.39 is 0 Å². The highest BCUT2D eigenvalue weighted by molar-refractivity contribution is 6.00. The molecule has 1 aliphatic heterocycles. The smallest absolute Gasteiger partial charge is 0.227 e. The summed E-state index contributed by atoms with van der Waals surface area (Å²) in [7, 11) is 0. The van der Waals surface area contributed by atoms with Gasteiger partial charge in [-0.05, 0) is 37.0 Å². The predicted octanol–water partition coefficient (Wildman–Crippen LogP) is 1.99. The largest absolute Gasteiger partial charge is 0.349 e. The number of anilines is 1. The number of carbonyl (C=O) groups excluding carboxylic acids is 2. The summed E-state index contributed by atoms with van der Waals surface area (Å²) < 4.78 is 0. The molecular weight excluding hydrogens is 302 g/mol. The number of carbonyl (C=O) groups is 2. The van der Waals surface area contributed by atoms with Crippen LogP contribution in [0.25, 0.3) is 0 Å². The van der Waals surface area contributed by atoms with Crippen LogP contribution >= 0.6 is 0 Å². The summed E-state index contributed by atoms with van der Waals surface area (Å²) in [5.74, 6) is -0.289. The average Bonchev–Trinajstić information content (AvgIpc) is 3.22. The van der Waals surface area contributed by atoms with Crippen molar-refractivity contribution in [2.45, 2.75) is 51.0 Å². The molecule has 5 heteroatoms. The lowest BCUT2D eigenvalue weighted by molar-refractivity contribution is -0.127. The minimum absolute atomic E-state index is 0.0209. The number of nitrogens with two attached hydrogens (primary N) is 1. The molecule has 0 spiro atoms. The van der Waals surface area contributed by atoms with Crippen molar-refractivity contribution in [3.63, 3.8) is 0 Å². The van der Waals surface area contributed by atoms with Gasteiger partial charge in [0.05, 0.1) is 11.5 Å². The van der Waals surface area contributed by atoms with Crippen molar-refractivity contribution in [3.05, 3.63) is 29.8 Å². The molecule has 1 atom stereocenters. The zero-order valence-corrected chi connectivity index (χ0v) is 14.4. The molecule has 0 aromatic heterocycles. The molecule has 0 radical (unpaired) electrons. The van der Waals surface area contributed by atoms with E-state index in [1.807, 2.05) is 24.3 Å². The zero-order chi connectivity index (χ0) is 17.2. The Bertz CT molecular complexity index is 606. The van der Waals surface area contributed by atoms with Gasteiger partial charge in [0.25, 0.3) is 0 Å². The molecule has 1 aliphatic carbocycles. The van der Waals surface area contributed by atoms with E-state index in [2.05, 4.69) is 12.2 Å². The molecule has 3 rings (SSSR count). The maximum Gasteiger partial charge on any atom is 0.227 e. The molecule has 24 heavy (non-hydrogen) atoms. The number of hydrogen-bond acceptors (Lipinski definition) is 3. The second kappa shape index (κ2) is 6.93. The van der Waals surface area contributed by atoms with E-state index in [0.29, 0.717) is 13.1 Å². The predicted molar refractivity (Wildman–Crippen MR) is 94.7 cm³/mol. The van der Waals surface area contributed by atoms with E-state index in [-0.39, 0.29) is 29.7 Å². The van der Waals surface area contributed by atoms with Gasteiger partial charge in [0, 0.05) is 25.2 Å². The van der Waals surface area contributed by atoms with Crippen LogP contribution in [0.1, 0.15) is 44.6 Å². The van der Waals surface area contributed by atoms with Gasteiger partial charge in [-0.2, -0.15) is 0 Å². The van der Waals surface area contributed by atoms with Crippen molar-refractivity contribution in [1.29, 1.82) is 0 Å². The van der Waals surface area contributed by atoms with Crippen LogP contribution in [0.4, 0.5) is 5.69 Å². The van der Waals surface area contributed by atoms with Crippen molar-refractivity contribution in [2.24, 2.45) is 11.7 Å². The first-order valence-electron chi connectivity index (χ1n) is 8.98. The third-order valence-corrected chi connectivity index (χ3v) is 5.49. The van der Waals surface area contributed by atoms with Gasteiger partial charge < -0.3 is 16.0 Å². The first-order valence-corrected chi connectivity index (χ1v) is 8.98. The molecule has 5 nitrogen and oxygen atoms in total. The van der Waals surface area contributed by atoms with Crippen molar-refractivity contribution < 1.29 is 9.59 Å². The van der Waals surface area contributed by atoms with E-state index in [0.717, 1.165) is 37.8 Å². The Hall–Kier alpha value is -1.88. The Labute approximate surface area is 143 Å². The summed E-state index contributed by atoms with van der Waals surface area (Å²) in [5, 5.41) is 3.15. The van der Waals surface area contributed by atoms with Crippen LogP contribution < -0.4 is 16.0 Å². The monoisotopic (exact) mass is 329 g/mol. The molecule has 1 saturated carbocycles. The number of benzene rings is 1. The quantitative estimate of drug-likeness (QED) is 0.867. The van der Waals surface area contributed by atoms with Crippen LogP contribution in [-0.2, 0) is 16.0 Å². The fourth-order valence-corrected chi connectivity index (χ4v) is 3.84. The van der Waals surface area contributed by atoms with Gasteiger partial charge in [0.1, 0.15) is 0 Å². The van der Waals surface area contributed by atoms with E-state index in [9.17, 15) is 9.59 Å². The highest BCUT2D eigenvalue weighted by Gasteiger charge is 2.40. The molecule has 130 valence electrons. The molecule has 3 N–H and O–H groups in total. The molecule has 2 aliphatic rings. The Morgan fingerprint density at radius 3 is 2.54 bits per heavy atom. The normalized spacial score (nSPS) is 22.8. The number of amides is 2. The molecule has 1 unspecified atom stereocenters. The fourth-order valence-electron chi connectivity index (χ4n) is 3.84. The minimum atomic E-state index is -0.285. The molecule has 1 saturated heterocycles. The Kier molecular flexibility index (Phi) is 4.90. The zero-order valence-electron chi connectivity index (χ0n) is 14.4. The van der Waals surface area contributed by atoms with Gasteiger partial charge in [-0.1, -0.05) is 31.9 Å². The lowest BCUT2D eigenvalue weighted by Crippen LogP contribution is -2.53. The number of hydrogen-bond donors (Lipinski definition) is 2. The molecule has 1 heterocycles. The third-order valence-electron chi connectivity index (χ3n) is 5.49. The van der Waals surface area contributed by atoms with Gasteiger partial charge in [-0.15, -0.1) is 0 Å². The van der Waals surface area contributed by atoms with Crippen molar-refractivity contribution >= 4 is 17.5 Å². The fraction of sp³-hybridized carbons (Fsp3) is 0.579. The second-order valence-corrected chi connectivity index (χ2v) is 7.11. The molecule has 1 aromatic rings. The topological polar surface area (TPSA) is 75.4 Å². The van der Waals surface area contributed by atoms with Crippen LogP contribution in [0.2, 0.25) is 0 Å². The molecule has 2 amide bonds. The summed E-state index contributed by atoms with van der Waals surface area (Å²) in [6.45, 7) is 3.03. The Morgan fingerprint density at radius 1 is 1.29 bits per heavy atom. The van der Waals surface area contributed by atoms with E-state index >= 15 is 0 Å². The van der Waals surface area contributed by atoms with E-state index in [1.165, 1.54) is 5.56 Å². The van der Waals surface area contributed by atoms with E-state index in [4.69, 9.17) is 5.73 Å². The Balaban J connectivity index is 1.66. The summed E-state index contributed by atoms with van der Waals surface area (Å²) in [5.41, 5.74) is 7.76.